The maximum Gasteiger partial charge on any atom is 0.271 e. The lowest BCUT2D eigenvalue weighted by atomic mass is 10.2. The van der Waals surface area contributed by atoms with E-state index in [1.54, 1.807) is 6.07 Å². The monoisotopic (exact) mass is 305 g/mol. The summed E-state index contributed by atoms with van der Waals surface area (Å²) in [4.78, 5) is 45.8. The molecule has 0 aliphatic carbocycles. The lowest BCUT2D eigenvalue weighted by Gasteiger charge is -2.13. The third-order valence-corrected chi connectivity index (χ3v) is 3.28. The number of carbonyl (C=O) groups is 3. The molecule has 1 N–H and O–H groups in total. The quantitative estimate of drug-likeness (QED) is 0.486. The number of hydrogen-bond acceptors (Lipinski definition) is 5. The van der Waals surface area contributed by atoms with E-state index in [1.165, 1.54) is 23.1 Å². The summed E-state index contributed by atoms with van der Waals surface area (Å²) in [5.74, 6) is -0.729. The second-order valence-corrected chi connectivity index (χ2v) is 4.90. The lowest BCUT2D eigenvalue weighted by Crippen LogP contribution is -2.30. The number of anilines is 1. The Bertz CT molecular complexity index is 613. The molecular formula is C14H15N3O5. The highest BCUT2D eigenvalue weighted by Gasteiger charge is 2.28. The average molecular weight is 305 g/mol. The zero-order valence-corrected chi connectivity index (χ0v) is 11.8. The molecule has 1 aromatic rings. The molecule has 0 aromatic heterocycles. The van der Waals surface area contributed by atoms with Crippen LogP contribution in [0.5, 0.6) is 0 Å². The zero-order chi connectivity index (χ0) is 16.1. The predicted octanol–water partition coefficient (Wildman–Crippen LogP) is 1.46. The van der Waals surface area contributed by atoms with Crippen molar-refractivity contribution in [2.75, 3.05) is 11.9 Å². The third kappa shape index (κ3) is 3.87. The normalized spacial score (nSPS) is 14.3. The molecule has 8 heteroatoms. The van der Waals surface area contributed by atoms with Crippen LogP contribution in [0, 0.1) is 10.1 Å². The first kappa shape index (κ1) is 15.6. The number of benzene rings is 1. The van der Waals surface area contributed by atoms with Crippen molar-refractivity contribution in [1.82, 2.24) is 4.90 Å². The van der Waals surface area contributed by atoms with Crippen LogP contribution >= 0.6 is 0 Å². The van der Waals surface area contributed by atoms with Gasteiger partial charge in [-0.2, -0.15) is 0 Å². The molecule has 1 aliphatic heterocycles. The first-order valence-corrected chi connectivity index (χ1v) is 6.85. The third-order valence-electron chi connectivity index (χ3n) is 3.28. The van der Waals surface area contributed by atoms with E-state index in [2.05, 4.69) is 5.32 Å². The van der Waals surface area contributed by atoms with Gasteiger partial charge in [-0.3, -0.25) is 29.4 Å². The van der Waals surface area contributed by atoms with E-state index in [-0.39, 0.29) is 49.2 Å². The number of nitro benzene ring substituents is 1. The van der Waals surface area contributed by atoms with E-state index >= 15 is 0 Å². The maximum absolute atomic E-state index is 11.8. The van der Waals surface area contributed by atoms with Crippen molar-refractivity contribution in [2.45, 2.75) is 25.7 Å². The number of amides is 3. The van der Waals surface area contributed by atoms with Gasteiger partial charge < -0.3 is 5.32 Å². The molecule has 0 spiro atoms. The number of nitrogens with zero attached hydrogens (tertiary/aromatic N) is 2. The van der Waals surface area contributed by atoms with Crippen molar-refractivity contribution in [3.63, 3.8) is 0 Å². The second kappa shape index (κ2) is 6.79. The molecule has 0 atom stereocenters. The van der Waals surface area contributed by atoms with Crippen LogP contribution in [0.2, 0.25) is 0 Å². The highest BCUT2D eigenvalue weighted by atomic mass is 16.6. The molecule has 22 heavy (non-hydrogen) atoms. The molecule has 0 unspecified atom stereocenters. The van der Waals surface area contributed by atoms with Crippen LogP contribution in [0.1, 0.15) is 25.7 Å². The summed E-state index contributed by atoms with van der Waals surface area (Å²) in [6.45, 7) is 0.222. The lowest BCUT2D eigenvalue weighted by molar-refractivity contribution is -0.384. The van der Waals surface area contributed by atoms with Crippen LogP contribution in [0.25, 0.3) is 0 Å². The van der Waals surface area contributed by atoms with Gasteiger partial charge in [0.15, 0.2) is 0 Å². The first-order chi connectivity index (χ1) is 10.5. The van der Waals surface area contributed by atoms with Crippen LogP contribution in [0.4, 0.5) is 11.4 Å². The standard InChI is InChI=1S/C14H15N3O5/c18-12(5-2-8-16-13(19)6-7-14(16)20)15-10-3-1-4-11(9-10)17(21)22/h1,3-4,9H,2,5-8H2,(H,15,18). The van der Waals surface area contributed by atoms with Crippen molar-refractivity contribution in [2.24, 2.45) is 0 Å². The van der Waals surface area contributed by atoms with Crippen molar-refractivity contribution in [3.8, 4) is 0 Å². The fourth-order valence-corrected chi connectivity index (χ4v) is 2.19. The van der Waals surface area contributed by atoms with Gasteiger partial charge >= 0.3 is 0 Å². The fourth-order valence-electron chi connectivity index (χ4n) is 2.19. The van der Waals surface area contributed by atoms with E-state index in [0.717, 1.165) is 0 Å². The molecule has 3 amide bonds. The summed E-state index contributed by atoms with van der Waals surface area (Å²) in [6, 6.07) is 5.64. The molecular weight excluding hydrogens is 290 g/mol. The number of imide groups is 1. The van der Waals surface area contributed by atoms with E-state index in [4.69, 9.17) is 0 Å². The molecule has 1 heterocycles. The van der Waals surface area contributed by atoms with Gasteiger partial charge in [0.2, 0.25) is 17.7 Å². The minimum Gasteiger partial charge on any atom is -0.326 e. The summed E-state index contributed by atoms with van der Waals surface area (Å²) < 4.78 is 0. The Morgan fingerprint density at radius 1 is 1.27 bits per heavy atom. The van der Waals surface area contributed by atoms with Crippen LogP contribution in [0.15, 0.2) is 24.3 Å². The number of rotatable bonds is 6. The minimum atomic E-state index is -0.541. The predicted molar refractivity (Wildman–Crippen MR) is 76.9 cm³/mol. The highest BCUT2D eigenvalue weighted by Crippen LogP contribution is 2.17. The Morgan fingerprint density at radius 3 is 2.59 bits per heavy atom. The van der Waals surface area contributed by atoms with Crippen LogP contribution < -0.4 is 5.32 Å². The van der Waals surface area contributed by atoms with Crippen LogP contribution in [0.3, 0.4) is 0 Å². The van der Waals surface area contributed by atoms with Gasteiger partial charge in [-0.05, 0) is 12.5 Å². The van der Waals surface area contributed by atoms with Gasteiger partial charge in [0.05, 0.1) is 4.92 Å². The average Bonchev–Trinajstić information content (AvgIpc) is 2.79. The summed E-state index contributed by atoms with van der Waals surface area (Å²) >= 11 is 0. The van der Waals surface area contributed by atoms with Gasteiger partial charge in [0, 0.05) is 43.6 Å². The van der Waals surface area contributed by atoms with Gasteiger partial charge in [0.1, 0.15) is 0 Å². The molecule has 0 bridgehead atoms. The maximum atomic E-state index is 11.8. The Labute approximate surface area is 126 Å². The number of nitrogens with one attached hydrogen (secondary N) is 1. The molecule has 1 fully saturated rings. The molecule has 1 saturated heterocycles. The Hall–Kier alpha value is -2.77. The largest absolute Gasteiger partial charge is 0.326 e. The minimum absolute atomic E-state index is 0.105. The van der Waals surface area contributed by atoms with E-state index in [0.29, 0.717) is 12.1 Å². The highest BCUT2D eigenvalue weighted by molar-refractivity contribution is 6.02. The molecule has 0 saturated carbocycles. The Balaban J connectivity index is 1.81. The zero-order valence-electron chi connectivity index (χ0n) is 11.8. The van der Waals surface area contributed by atoms with Gasteiger partial charge in [-0.15, -0.1) is 0 Å². The molecule has 2 rings (SSSR count). The van der Waals surface area contributed by atoms with Gasteiger partial charge in [0.25, 0.3) is 5.69 Å². The van der Waals surface area contributed by atoms with Crippen molar-refractivity contribution < 1.29 is 19.3 Å². The topological polar surface area (TPSA) is 110 Å². The number of nitro groups is 1. The summed E-state index contributed by atoms with van der Waals surface area (Å²) in [5.41, 5.74) is 0.235. The molecule has 1 aliphatic rings. The van der Waals surface area contributed by atoms with E-state index < -0.39 is 4.92 Å². The first-order valence-electron chi connectivity index (χ1n) is 6.85. The van der Waals surface area contributed by atoms with Crippen molar-refractivity contribution in [1.29, 1.82) is 0 Å². The number of carbonyl (C=O) groups excluding carboxylic acids is 3. The number of hydrogen-bond donors (Lipinski definition) is 1. The number of likely N-dealkylation sites (tertiary alicyclic amines) is 1. The molecule has 8 nitrogen and oxygen atoms in total. The smallest absolute Gasteiger partial charge is 0.271 e. The SMILES string of the molecule is O=C(CCCN1C(=O)CCC1=O)Nc1cccc([N+](=O)[O-])c1. The molecule has 0 radical (unpaired) electrons. The Morgan fingerprint density at radius 2 is 1.95 bits per heavy atom. The van der Waals surface area contributed by atoms with Crippen molar-refractivity contribution in [3.05, 3.63) is 34.4 Å². The summed E-state index contributed by atoms with van der Waals surface area (Å²) in [7, 11) is 0. The summed E-state index contributed by atoms with van der Waals surface area (Å²) in [5, 5.41) is 13.2. The second-order valence-electron chi connectivity index (χ2n) is 4.90. The molecule has 1 aromatic carbocycles. The molecule has 116 valence electrons. The van der Waals surface area contributed by atoms with E-state index in [1.807, 2.05) is 0 Å². The van der Waals surface area contributed by atoms with Gasteiger partial charge in [-0.25, -0.2) is 0 Å². The van der Waals surface area contributed by atoms with Crippen molar-refractivity contribution >= 4 is 29.1 Å². The summed E-state index contributed by atoms with van der Waals surface area (Å²) in [6.07, 6.45) is 0.954. The van der Waals surface area contributed by atoms with Crippen LogP contribution in [-0.4, -0.2) is 34.1 Å². The van der Waals surface area contributed by atoms with Crippen LogP contribution in [-0.2, 0) is 14.4 Å². The van der Waals surface area contributed by atoms with E-state index in [9.17, 15) is 24.5 Å². The van der Waals surface area contributed by atoms with Gasteiger partial charge in [-0.1, -0.05) is 6.07 Å². The fraction of sp³-hybridized carbons (Fsp3) is 0.357. The Kier molecular flexibility index (Phi) is 4.82. The number of non-ortho nitro benzene ring substituents is 1.